The average Bonchev–Trinajstić information content (AvgIpc) is 2.77. The third-order valence-corrected chi connectivity index (χ3v) is 3.43. The topological polar surface area (TPSA) is 50.4 Å². The Balaban J connectivity index is 1.78. The molecule has 1 aromatic carbocycles. The number of nitrogens with one attached hydrogen (secondary N) is 1. The summed E-state index contributed by atoms with van der Waals surface area (Å²) in [6.07, 6.45) is -4.06. The van der Waals surface area contributed by atoms with Gasteiger partial charge in [-0.2, -0.15) is 13.2 Å². The first-order valence-corrected chi connectivity index (χ1v) is 6.60. The van der Waals surface area contributed by atoms with Crippen LogP contribution >= 0.6 is 0 Å². The van der Waals surface area contributed by atoms with Crippen molar-refractivity contribution in [3.05, 3.63) is 35.9 Å². The summed E-state index contributed by atoms with van der Waals surface area (Å²) in [4.78, 5) is 3.92. The van der Waals surface area contributed by atoms with Crippen molar-refractivity contribution < 1.29 is 13.2 Å². The molecule has 0 aromatic heterocycles. The fraction of sp³-hybridized carbons (Fsp3) is 0.500. The number of alkyl halides is 3. The molecule has 0 saturated heterocycles. The number of rotatable bonds is 5. The molecule has 20 heavy (non-hydrogen) atoms. The van der Waals surface area contributed by atoms with Crippen LogP contribution in [-0.4, -0.2) is 24.6 Å². The zero-order valence-corrected chi connectivity index (χ0v) is 11.0. The molecule has 3 nitrogen and oxygen atoms in total. The number of amidine groups is 1. The predicted molar refractivity (Wildman–Crippen MR) is 72.3 cm³/mol. The number of nitrogens with two attached hydrogens (primary N) is 1. The molecule has 0 saturated carbocycles. The zero-order chi connectivity index (χ0) is 14.6. The minimum absolute atomic E-state index is 0.111. The van der Waals surface area contributed by atoms with Gasteiger partial charge in [-0.3, -0.25) is 4.99 Å². The van der Waals surface area contributed by atoms with E-state index in [0.29, 0.717) is 19.5 Å². The first-order valence-electron chi connectivity index (χ1n) is 6.60. The maximum atomic E-state index is 12.8. The van der Waals surface area contributed by atoms with Gasteiger partial charge in [0.2, 0.25) is 0 Å². The summed E-state index contributed by atoms with van der Waals surface area (Å²) in [6.45, 7) is 1.13. The van der Waals surface area contributed by atoms with Crippen LogP contribution in [0.2, 0.25) is 0 Å². The largest absolute Gasteiger partial charge is 0.394 e. The van der Waals surface area contributed by atoms with E-state index in [4.69, 9.17) is 5.73 Å². The molecule has 1 aliphatic heterocycles. The second-order valence-corrected chi connectivity index (χ2v) is 4.99. The number of halogens is 3. The summed E-state index contributed by atoms with van der Waals surface area (Å²) < 4.78 is 38.4. The van der Waals surface area contributed by atoms with Gasteiger partial charge in [-0.1, -0.05) is 30.3 Å². The van der Waals surface area contributed by atoms with Gasteiger partial charge in [-0.25, -0.2) is 0 Å². The highest BCUT2D eigenvalue weighted by Crippen LogP contribution is 2.37. The molecule has 0 aliphatic carbocycles. The molecule has 0 radical (unpaired) electrons. The minimum Gasteiger partial charge on any atom is -0.387 e. The van der Waals surface area contributed by atoms with E-state index in [1.807, 2.05) is 30.3 Å². The van der Waals surface area contributed by atoms with Crippen LogP contribution in [0.4, 0.5) is 13.2 Å². The summed E-state index contributed by atoms with van der Waals surface area (Å²) in [5.74, 6) is -1.32. The van der Waals surface area contributed by atoms with E-state index >= 15 is 0 Å². The zero-order valence-electron chi connectivity index (χ0n) is 11.0. The van der Waals surface area contributed by atoms with Gasteiger partial charge >= 0.3 is 6.18 Å². The normalized spacial score (nSPS) is 22.9. The Labute approximate surface area is 116 Å². The van der Waals surface area contributed by atoms with Gasteiger partial charge in [0.25, 0.3) is 0 Å². The third kappa shape index (κ3) is 3.96. The molecule has 1 heterocycles. The molecule has 0 spiro atoms. The van der Waals surface area contributed by atoms with E-state index in [9.17, 15) is 13.2 Å². The molecule has 3 N–H and O–H groups in total. The lowest BCUT2D eigenvalue weighted by Gasteiger charge is -2.20. The first kappa shape index (κ1) is 14.8. The highest BCUT2D eigenvalue weighted by Gasteiger charge is 2.47. The second-order valence-electron chi connectivity index (χ2n) is 4.99. The summed E-state index contributed by atoms with van der Waals surface area (Å²) in [5, 5.41) is 3.14. The van der Waals surface area contributed by atoms with Crippen molar-refractivity contribution in [2.75, 3.05) is 6.54 Å². The van der Waals surface area contributed by atoms with Crippen LogP contribution in [0.3, 0.4) is 0 Å². The quantitative estimate of drug-likeness (QED) is 0.817. The van der Waals surface area contributed by atoms with Crippen molar-refractivity contribution in [1.29, 1.82) is 0 Å². The molecular weight excluding hydrogens is 267 g/mol. The minimum atomic E-state index is -4.23. The van der Waals surface area contributed by atoms with Crippen molar-refractivity contribution in [1.82, 2.24) is 5.32 Å². The van der Waals surface area contributed by atoms with E-state index in [1.165, 1.54) is 0 Å². The monoisotopic (exact) mass is 285 g/mol. The molecule has 0 fully saturated rings. The van der Waals surface area contributed by atoms with Crippen LogP contribution < -0.4 is 11.1 Å². The van der Waals surface area contributed by atoms with Crippen LogP contribution in [0.1, 0.15) is 18.4 Å². The smallest absolute Gasteiger partial charge is 0.387 e. The van der Waals surface area contributed by atoms with Gasteiger partial charge in [0.15, 0.2) is 0 Å². The Morgan fingerprint density at radius 3 is 2.60 bits per heavy atom. The SMILES string of the molecule is NC1=N[C@@H](CCNCc2ccccc2)[C@@H](C(F)(F)F)C1. The Kier molecular flexibility index (Phi) is 4.65. The molecular formula is C14H18F3N3. The van der Waals surface area contributed by atoms with E-state index in [1.54, 1.807) is 0 Å². The average molecular weight is 285 g/mol. The molecule has 1 aromatic rings. The highest BCUT2D eigenvalue weighted by molar-refractivity contribution is 5.82. The Morgan fingerprint density at radius 1 is 1.25 bits per heavy atom. The Bertz CT molecular complexity index is 456. The molecule has 1 aliphatic rings. The van der Waals surface area contributed by atoms with E-state index in [-0.39, 0.29) is 12.3 Å². The van der Waals surface area contributed by atoms with Gasteiger partial charge in [-0.05, 0) is 18.5 Å². The lowest BCUT2D eigenvalue weighted by atomic mass is 9.96. The van der Waals surface area contributed by atoms with Crippen molar-refractivity contribution >= 4 is 5.84 Å². The number of nitrogens with zero attached hydrogens (tertiary/aromatic N) is 1. The molecule has 0 bridgehead atoms. The summed E-state index contributed by atoms with van der Waals surface area (Å²) >= 11 is 0. The Hall–Kier alpha value is -1.56. The first-order chi connectivity index (χ1) is 9.47. The van der Waals surface area contributed by atoms with Gasteiger partial charge in [0.1, 0.15) is 0 Å². The van der Waals surface area contributed by atoms with Crippen molar-refractivity contribution in [3.63, 3.8) is 0 Å². The fourth-order valence-corrected chi connectivity index (χ4v) is 2.40. The van der Waals surface area contributed by atoms with Crippen molar-refractivity contribution in [2.24, 2.45) is 16.6 Å². The summed E-state index contributed by atoms with van der Waals surface area (Å²) in [7, 11) is 0. The van der Waals surface area contributed by atoms with E-state index in [0.717, 1.165) is 5.56 Å². The molecule has 6 heteroatoms. The van der Waals surface area contributed by atoms with Crippen LogP contribution in [0.5, 0.6) is 0 Å². The standard InChI is InChI=1S/C14H18F3N3/c15-14(16,17)11-8-13(18)20-12(11)6-7-19-9-10-4-2-1-3-5-10/h1-5,11-12,19H,6-9H2,(H2,18,20)/t11-,12-/m0/s1. The van der Waals surface area contributed by atoms with E-state index in [2.05, 4.69) is 10.3 Å². The highest BCUT2D eigenvalue weighted by atomic mass is 19.4. The number of aliphatic imine (C=N–C) groups is 1. The molecule has 110 valence electrons. The van der Waals surface area contributed by atoms with E-state index < -0.39 is 18.1 Å². The van der Waals surface area contributed by atoms with Crippen LogP contribution in [0, 0.1) is 5.92 Å². The van der Waals surface area contributed by atoms with Crippen LogP contribution in [0.25, 0.3) is 0 Å². The molecule has 2 rings (SSSR count). The van der Waals surface area contributed by atoms with Crippen molar-refractivity contribution in [3.8, 4) is 0 Å². The number of hydrogen-bond donors (Lipinski definition) is 2. The van der Waals surface area contributed by atoms with Gasteiger partial charge in [-0.15, -0.1) is 0 Å². The third-order valence-electron chi connectivity index (χ3n) is 3.43. The molecule has 0 amide bonds. The number of hydrogen-bond acceptors (Lipinski definition) is 3. The van der Waals surface area contributed by atoms with Crippen LogP contribution in [-0.2, 0) is 6.54 Å². The molecule has 2 atom stereocenters. The van der Waals surface area contributed by atoms with Crippen molar-refractivity contribution in [2.45, 2.75) is 31.6 Å². The van der Waals surface area contributed by atoms with Gasteiger partial charge < -0.3 is 11.1 Å². The number of benzene rings is 1. The maximum Gasteiger partial charge on any atom is 0.394 e. The second kappa shape index (κ2) is 6.26. The summed E-state index contributed by atoms with van der Waals surface area (Å²) in [5.41, 5.74) is 6.54. The maximum absolute atomic E-state index is 12.8. The predicted octanol–water partition coefficient (Wildman–Crippen LogP) is 2.47. The fourth-order valence-electron chi connectivity index (χ4n) is 2.40. The molecule has 0 unspecified atom stereocenters. The lowest BCUT2D eigenvalue weighted by Crippen LogP contribution is -2.32. The van der Waals surface area contributed by atoms with Gasteiger partial charge in [0.05, 0.1) is 17.8 Å². The van der Waals surface area contributed by atoms with Gasteiger partial charge in [0, 0.05) is 13.0 Å². The Morgan fingerprint density at radius 2 is 1.95 bits per heavy atom. The summed E-state index contributed by atoms with van der Waals surface area (Å²) in [6, 6.07) is 8.97. The lowest BCUT2D eigenvalue weighted by molar-refractivity contribution is -0.175. The van der Waals surface area contributed by atoms with Crippen LogP contribution in [0.15, 0.2) is 35.3 Å².